The molecule has 0 N–H and O–H groups in total. The van der Waals surface area contributed by atoms with Gasteiger partial charge in [-0.25, -0.2) is 0 Å². The van der Waals surface area contributed by atoms with E-state index in [1.54, 1.807) is 42.0 Å². The van der Waals surface area contributed by atoms with E-state index >= 15 is 0 Å². The Hall–Kier alpha value is -0.920. The monoisotopic (exact) mass is 428 g/mol. The average molecular weight is 429 g/mol. The summed E-state index contributed by atoms with van der Waals surface area (Å²) in [4.78, 5) is 0. The molecule has 0 aliphatic heterocycles. The predicted molar refractivity (Wildman–Crippen MR) is 108 cm³/mol. The summed E-state index contributed by atoms with van der Waals surface area (Å²) in [7, 11) is 1.67. The van der Waals surface area contributed by atoms with Crippen molar-refractivity contribution in [1.29, 1.82) is 0 Å². The molecule has 3 rings (SSSR count). The summed E-state index contributed by atoms with van der Waals surface area (Å²) >= 11 is 17.2. The average Bonchev–Trinajstić information content (AvgIpc) is 3.08. The second-order valence-corrected chi connectivity index (χ2v) is 9.20. The number of rotatable bonds is 7. The summed E-state index contributed by atoms with van der Waals surface area (Å²) in [6.45, 7) is 0. The number of hydrogen-bond acceptors (Lipinski definition) is 6. The molecular weight excluding hydrogens is 415 g/mol. The molecule has 0 saturated carbocycles. The summed E-state index contributed by atoms with van der Waals surface area (Å²) in [5.74, 6) is 2.39. The van der Waals surface area contributed by atoms with Crippen molar-refractivity contribution < 1.29 is 4.74 Å². The fraction of sp³-hybridized carbons (Fsp3) is 0.176. The van der Waals surface area contributed by atoms with Gasteiger partial charge in [0, 0.05) is 21.6 Å². The Morgan fingerprint density at radius 3 is 2.12 bits per heavy atom. The van der Waals surface area contributed by atoms with E-state index in [2.05, 4.69) is 22.3 Å². The number of hydrogen-bond donors (Lipinski definition) is 0. The Labute approximate surface area is 169 Å². The normalized spacial score (nSPS) is 10.8. The van der Waals surface area contributed by atoms with Gasteiger partial charge in [0.15, 0.2) is 8.68 Å². The largest absolute Gasteiger partial charge is 0.497 e. The summed E-state index contributed by atoms with van der Waals surface area (Å²) in [5.41, 5.74) is 2.15. The van der Waals surface area contributed by atoms with Crippen LogP contribution in [0.15, 0.2) is 51.1 Å². The molecule has 1 aromatic heterocycles. The number of thioether (sulfide) groups is 2. The molecule has 0 unspecified atom stereocenters. The van der Waals surface area contributed by atoms with Crippen molar-refractivity contribution in [2.45, 2.75) is 20.2 Å². The molecule has 0 aliphatic carbocycles. The van der Waals surface area contributed by atoms with E-state index in [-0.39, 0.29) is 0 Å². The minimum Gasteiger partial charge on any atom is -0.497 e. The Morgan fingerprint density at radius 2 is 1.52 bits per heavy atom. The molecule has 0 spiro atoms. The second-order valence-electron chi connectivity index (χ2n) is 4.96. The van der Waals surface area contributed by atoms with E-state index in [0.717, 1.165) is 25.7 Å². The van der Waals surface area contributed by atoms with Crippen LogP contribution in [0.2, 0.25) is 10.0 Å². The van der Waals surface area contributed by atoms with Crippen LogP contribution in [0.3, 0.4) is 0 Å². The van der Waals surface area contributed by atoms with Crippen LogP contribution < -0.4 is 4.74 Å². The quantitative estimate of drug-likeness (QED) is 0.404. The summed E-state index contributed by atoms with van der Waals surface area (Å²) in [6.07, 6.45) is 0. The summed E-state index contributed by atoms with van der Waals surface area (Å²) < 4.78 is 7.02. The van der Waals surface area contributed by atoms with Gasteiger partial charge >= 0.3 is 0 Å². The fourth-order valence-electron chi connectivity index (χ4n) is 1.98. The molecule has 0 radical (unpaired) electrons. The second kappa shape index (κ2) is 9.14. The molecule has 130 valence electrons. The van der Waals surface area contributed by atoms with Crippen molar-refractivity contribution in [3.63, 3.8) is 0 Å². The molecule has 8 heteroatoms. The summed E-state index contributed by atoms with van der Waals surface area (Å²) in [6, 6.07) is 13.6. The first-order valence-electron chi connectivity index (χ1n) is 7.30. The molecule has 0 bridgehead atoms. The van der Waals surface area contributed by atoms with Crippen molar-refractivity contribution in [3.05, 3.63) is 63.6 Å². The highest BCUT2D eigenvalue weighted by Gasteiger charge is 2.10. The third-order valence-corrected chi connectivity index (χ3v) is 7.31. The zero-order valence-electron chi connectivity index (χ0n) is 13.2. The van der Waals surface area contributed by atoms with Gasteiger partial charge in [-0.3, -0.25) is 0 Å². The van der Waals surface area contributed by atoms with Crippen LogP contribution >= 0.6 is 58.1 Å². The fourth-order valence-corrected chi connectivity index (χ4v) is 5.70. The van der Waals surface area contributed by atoms with Crippen molar-refractivity contribution >= 4 is 58.1 Å². The maximum absolute atomic E-state index is 6.20. The van der Waals surface area contributed by atoms with Gasteiger partial charge in [0.25, 0.3) is 0 Å². The van der Waals surface area contributed by atoms with E-state index in [0.29, 0.717) is 15.8 Å². The number of ether oxygens (including phenoxy) is 1. The van der Waals surface area contributed by atoms with Gasteiger partial charge in [-0.05, 0) is 35.4 Å². The van der Waals surface area contributed by atoms with Crippen molar-refractivity contribution in [1.82, 2.24) is 10.2 Å². The lowest BCUT2D eigenvalue weighted by molar-refractivity contribution is 0.414. The first-order valence-corrected chi connectivity index (χ1v) is 10.8. The van der Waals surface area contributed by atoms with Gasteiger partial charge in [-0.2, -0.15) is 0 Å². The molecule has 1 heterocycles. The molecule has 0 fully saturated rings. The number of halogens is 2. The van der Waals surface area contributed by atoms with Crippen molar-refractivity contribution in [2.75, 3.05) is 7.11 Å². The standard InChI is InChI=1S/C17H14Cl2N2OS3/c1-22-12-7-5-11(6-8-12)9-23-16-20-21-17(25-16)24-10-13-14(18)3-2-4-15(13)19/h2-8H,9-10H2,1H3. The van der Waals surface area contributed by atoms with Crippen LogP contribution in [-0.4, -0.2) is 17.3 Å². The SMILES string of the molecule is COc1ccc(CSc2nnc(SCc3c(Cl)cccc3Cl)s2)cc1. The van der Waals surface area contributed by atoms with Crippen LogP contribution in [0.1, 0.15) is 11.1 Å². The van der Waals surface area contributed by atoms with Gasteiger partial charge in [-0.1, -0.05) is 76.3 Å². The Bertz CT molecular complexity index is 820. The van der Waals surface area contributed by atoms with Crippen LogP contribution in [-0.2, 0) is 11.5 Å². The summed E-state index contributed by atoms with van der Waals surface area (Å²) in [5, 5.41) is 9.84. The maximum Gasteiger partial charge on any atom is 0.175 e. The number of methoxy groups -OCH3 is 1. The third kappa shape index (κ3) is 5.28. The lowest BCUT2D eigenvalue weighted by atomic mass is 10.2. The van der Waals surface area contributed by atoms with Gasteiger partial charge in [0.05, 0.1) is 7.11 Å². The molecule has 3 nitrogen and oxygen atoms in total. The highest BCUT2D eigenvalue weighted by Crippen LogP contribution is 2.35. The molecule has 0 atom stereocenters. The highest BCUT2D eigenvalue weighted by molar-refractivity contribution is 8.02. The Balaban J connectivity index is 1.55. The lowest BCUT2D eigenvalue weighted by Crippen LogP contribution is -1.84. The van der Waals surface area contributed by atoms with Gasteiger partial charge < -0.3 is 4.74 Å². The highest BCUT2D eigenvalue weighted by atomic mass is 35.5. The maximum atomic E-state index is 6.20. The molecule has 0 saturated heterocycles. The molecule has 0 aliphatic rings. The molecule has 25 heavy (non-hydrogen) atoms. The van der Waals surface area contributed by atoms with E-state index in [1.807, 2.05) is 30.3 Å². The zero-order valence-corrected chi connectivity index (χ0v) is 17.2. The minimum absolute atomic E-state index is 0.677. The van der Waals surface area contributed by atoms with Crippen LogP contribution in [0, 0.1) is 0 Å². The van der Waals surface area contributed by atoms with Crippen LogP contribution in [0.5, 0.6) is 5.75 Å². The van der Waals surface area contributed by atoms with E-state index < -0.39 is 0 Å². The molecule has 0 amide bonds. The van der Waals surface area contributed by atoms with E-state index in [1.165, 1.54) is 5.56 Å². The van der Waals surface area contributed by atoms with Gasteiger partial charge in [0.1, 0.15) is 5.75 Å². The van der Waals surface area contributed by atoms with Crippen LogP contribution in [0.4, 0.5) is 0 Å². The van der Waals surface area contributed by atoms with Crippen molar-refractivity contribution in [2.24, 2.45) is 0 Å². The Morgan fingerprint density at radius 1 is 0.920 bits per heavy atom. The smallest absolute Gasteiger partial charge is 0.175 e. The first kappa shape index (κ1) is 18.9. The van der Waals surface area contributed by atoms with Crippen LogP contribution in [0.25, 0.3) is 0 Å². The first-order chi connectivity index (χ1) is 12.2. The predicted octanol–water partition coefficient (Wildman–Crippen LogP) is 6.44. The van der Waals surface area contributed by atoms with E-state index in [9.17, 15) is 0 Å². The number of nitrogens with zero attached hydrogens (tertiary/aromatic N) is 2. The molecular formula is C17H14Cl2N2OS3. The van der Waals surface area contributed by atoms with Crippen molar-refractivity contribution in [3.8, 4) is 5.75 Å². The molecule has 2 aromatic carbocycles. The zero-order chi connectivity index (χ0) is 17.6. The minimum atomic E-state index is 0.677. The van der Waals surface area contributed by atoms with Gasteiger partial charge in [-0.15, -0.1) is 10.2 Å². The number of aromatic nitrogens is 2. The van der Waals surface area contributed by atoms with E-state index in [4.69, 9.17) is 27.9 Å². The topological polar surface area (TPSA) is 35.0 Å². The van der Waals surface area contributed by atoms with Gasteiger partial charge in [0.2, 0.25) is 0 Å². The Kier molecular flexibility index (Phi) is 6.90. The third-order valence-electron chi connectivity index (χ3n) is 3.31. The molecule has 3 aromatic rings. The lowest BCUT2D eigenvalue weighted by Gasteiger charge is -2.04. The number of benzene rings is 2.